The molecule has 7 heterocycles. The number of anilines is 3. The van der Waals surface area contributed by atoms with Crippen molar-refractivity contribution < 1.29 is 19.2 Å². The second-order valence-electron chi connectivity index (χ2n) is 14.9. The first kappa shape index (κ1) is 34.7. The van der Waals surface area contributed by atoms with E-state index in [1.807, 2.05) is 63.0 Å². The van der Waals surface area contributed by atoms with Crippen molar-refractivity contribution in [1.29, 1.82) is 0 Å². The highest BCUT2D eigenvalue weighted by Crippen LogP contribution is 2.32. The molecular weight excluding hydrogens is 699 g/mol. The summed E-state index contributed by atoms with van der Waals surface area (Å²) in [6.07, 6.45) is 11.8. The Kier molecular flexibility index (Phi) is 9.00. The molecule has 1 unspecified atom stereocenters. The number of rotatable bonds is 8. The van der Waals surface area contributed by atoms with Gasteiger partial charge in [-0.3, -0.25) is 38.5 Å². The summed E-state index contributed by atoms with van der Waals surface area (Å²) < 4.78 is 4.06. The van der Waals surface area contributed by atoms with Crippen molar-refractivity contribution in [1.82, 2.24) is 44.2 Å². The number of hydrogen-bond acceptors (Lipinski definition) is 10. The van der Waals surface area contributed by atoms with E-state index in [-0.39, 0.29) is 30.2 Å². The second-order valence-corrected chi connectivity index (χ2v) is 14.9. The summed E-state index contributed by atoms with van der Waals surface area (Å²) >= 11 is 0. The number of fused-ring (bicyclic) bond motifs is 2. The summed E-state index contributed by atoms with van der Waals surface area (Å²) in [7, 11) is 0. The van der Waals surface area contributed by atoms with Crippen molar-refractivity contribution >= 4 is 46.5 Å². The zero-order chi connectivity index (χ0) is 37.6. The molecule has 2 N–H and O–H groups in total. The van der Waals surface area contributed by atoms with Crippen LogP contribution in [0.4, 0.5) is 17.2 Å². The van der Waals surface area contributed by atoms with Gasteiger partial charge in [0, 0.05) is 87.6 Å². The van der Waals surface area contributed by atoms with E-state index in [0.29, 0.717) is 57.1 Å². The molecule has 4 aliphatic rings. The molecule has 4 aliphatic heterocycles. The highest BCUT2D eigenvalue weighted by atomic mass is 16.2. The van der Waals surface area contributed by atoms with Crippen molar-refractivity contribution in [3.8, 4) is 11.3 Å². The normalized spacial score (nSPS) is 19.6. The quantitative estimate of drug-likeness (QED) is 0.227. The maximum Gasteiger partial charge on any atom is 0.255 e. The van der Waals surface area contributed by atoms with E-state index in [0.717, 1.165) is 59.8 Å². The number of aromatic nitrogens is 5. The van der Waals surface area contributed by atoms with Crippen LogP contribution in [-0.4, -0.2) is 114 Å². The van der Waals surface area contributed by atoms with E-state index in [9.17, 15) is 19.2 Å². The first-order chi connectivity index (χ1) is 26.8. The van der Waals surface area contributed by atoms with Crippen LogP contribution < -0.4 is 15.5 Å². The van der Waals surface area contributed by atoms with Gasteiger partial charge in [0.25, 0.3) is 5.91 Å². The smallest absolute Gasteiger partial charge is 0.255 e. The van der Waals surface area contributed by atoms with Crippen LogP contribution in [0.3, 0.4) is 0 Å². The minimum absolute atomic E-state index is 0.138. The number of benzene rings is 2. The fourth-order valence-electron chi connectivity index (χ4n) is 8.35. The molecule has 0 saturated carbocycles. The van der Waals surface area contributed by atoms with E-state index in [4.69, 9.17) is 4.98 Å². The van der Waals surface area contributed by atoms with Crippen molar-refractivity contribution in [2.45, 2.75) is 51.2 Å². The van der Waals surface area contributed by atoms with Gasteiger partial charge in [0.15, 0.2) is 11.5 Å². The van der Waals surface area contributed by atoms with Crippen LogP contribution in [0.2, 0.25) is 0 Å². The summed E-state index contributed by atoms with van der Waals surface area (Å²) in [4.78, 5) is 68.0. The van der Waals surface area contributed by atoms with Gasteiger partial charge < -0.3 is 20.0 Å². The molecule has 2 aromatic carbocycles. The van der Waals surface area contributed by atoms with E-state index in [1.54, 1.807) is 11.1 Å². The predicted molar refractivity (Wildman–Crippen MR) is 205 cm³/mol. The van der Waals surface area contributed by atoms with Crippen molar-refractivity contribution in [2.24, 2.45) is 0 Å². The molecule has 3 saturated heterocycles. The lowest BCUT2D eigenvalue weighted by Crippen LogP contribution is -2.52. The van der Waals surface area contributed by atoms with Crippen LogP contribution in [0.5, 0.6) is 0 Å². The number of imide groups is 1. The van der Waals surface area contributed by atoms with Crippen LogP contribution >= 0.6 is 0 Å². The molecule has 282 valence electrons. The lowest BCUT2D eigenvalue weighted by molar-refractivity contribution is -0.137. The van der Waals surface area contributed by atoms with Crippen molar-refractivity contribution in [3.05, 3.63) is 90.1 Å². The van der Waals surface area contributed by atoms with Gasteiger partial charge in [-0.1, -0.05) is 29.8 Å². The van der Waals surface area contributed by atoms with Crippen LogP contribution in [0.15, 0.2) is 73.4 Å². The Morgan fingerprint density at radius 1 is 0.945 bits per heavy atom. The van der Waals surface area contributed by atoms with E-state index < -0.39 is 11.9 Å². The number of likely N-dealkylation sites (tertiary alicyclic amines) is 1. The number of aryl methyl sites for hydroxylation is 1. The van der Waals surface area contributed by atoms with Gasteiger partial charge in [0.1, 0.15) is 6.04 Å². The number of amides is 4. The van der Waals surface area contributed by atoms with Gasteiger partial charge in [0.2, 0.25) is 17.7 Å². The molecule has 0 radical (unpaired) electrons. The topological polar surface area (TPSA) is 153 Å². The average molecular weight is 742 g/mol. The largest absolute Gasteiger partial charge is 0.368 e. The predicted octanol–water partition coefficient (Wildman–Crippen LogP) is 3.39. The lowest BCUT2D eigenvalue weighted by Gasteiger charge is -2.38. The Morgan fingerprint density at radius 3 is 2.58 bits per heavy atom. The number of hydrogen-bond donors (Lipinski definition) is 2. The van der Waals surface area contributed by atoms with Gasteiger partial charge in [-0.25, -0.2) is 9.97 Å². The number of piperidine rings is 2. The summed E-state index contributed by atoms with van der Waals surface area (Å²) in [6, 6.07) is 13.8. The maximum absolute atomic E-state index is 13.4. The van der Waals surface area contributed by atoms with Gasteiger partial charge in [-0.05, 0) is 49.9 Å². The summed E-state index contributed by atoms with van der Waals surface area (Å²) in [5.74, 6) is -0.0812. The molecule has 15 nitrogen and oxygen atoms in total. The number of carbonyl (C=O) groups is 4. The van der Waals surface area contributed by atoms with E-state index in [1.165, 1.54) is 5.56 Å². The number of imidazole rings is 1. The average Bonchev–Trinajstić information content (AvgIpc) is 3.95. The molecule has 5 aromatic rings. The summed E-state index contributed by atoms with van der Waals surface area (Å²) in [5, 5.41) is 10.4. The monoisotopic (exact) mass is 741 g/mol. The minimum Gasteiger partial charge on any atom is -0.368 e. The third-order valence-electron chi connectivity index (χ3n) is 11.4. The Labute approximate surface area is 317 Å². The third-order valence-corrected chi connectivity index (χ3v) is 11.4. The fourth-order valence-corrected chi connectivity index (χ4v) is 8.35. The molecule has 1 atom stereocenters. The molecule has 0 bridgehead atoms. The van der Waals surface area contributed by atoms with E-state index >= 15 is 0 Å². The van der Waals surface area contributed by atoms with Gasteiger partial charge in [-0.2, -0.15) is 5.10 Å². The summed E-state index contributed by atoms with van der Waals surface area (Å²) in [5.41, 5.74) is 7.25. The molecule has 9 rings (SSSR count). The fraction of sp³-hybridized carbons (Fsp3) is 0.375. The lowest BCUT2D eigenvalue weighted by atomic mass is 10.0. The molecule has 0 aliphatic carbocycles. The van der Waals surface area contributed by atoms with Crippen molar-refractivity contribution in [3.63, 3.8) is 0 Å². The number of piperazine rings is 1. The number of carbonyl (C=O) groups excluding carboxylic acids is 4. The third kappa shape index (κ3) is 6.79. The summed E-state index contributed by atoms with van der Waals surface area (Å²) in [6.45, 7) is 7.03. The Bertz CT molecular complexity index is 2300. The van der Waals surface area contributed by atoms with Crippen LogP contribution in [0.1, 0.15) is 53.2 Å². The van der Waals surface area contributed by atoms with Crippen LogP contribution in [0.25, 0.3) is 16.9 Å². The Morgan fingerprint density at radius 2 is 1.78 bits per heavy atom. The first-order valence-electron chi connectivity index (χ1n) is 19.0. The Balaban J connectivity index is 0.751. The highest BCUT2D eigenvalue weighted by molar-refractivity contribution is 6.05. The first-order valence-corrected chi connectivity index (χ1v) is 19.0. The van der Waals surface area contributed by atoms with Gasteiger partial charge >= 0.3 is 0 Å². The van der Waals surface area contributed by atoms with Crippen LogP contribution in [0, 0.1) is 6.92 Å². The van der Waals surface area contributed by atoms with E-state index in [2.05, 4.69) is 55.6 Å². The highest BCUT2D eigenvalue weighted by Gasteiger charge is 2.39. The SMILES string of the molecule is Cc1cccc(-c2cnc(Nc3cnn(C4CCN(CC(=O)N5CCN(c6ccc7c(c6)C(=O)N(C6CCC(=O)NC6=O)C7)CC5)CC4)c3)c3nccn23)c1. The minimum atomic E-state index is -0.630. The standard InChI is InChI=1S/C40H43N11O4/c1-26-3-2-4-27(19-26)34-22-42-37(38-41-11-14-49(34)38)44-29-21-43-51(24-29)30-9-12-46(13-10-30)25-36(53)48-17-15-47(16-18-48)31-6-5-28-23-50(40(55)32(28)20-31)33-7-8-35(52)45-39(33)54/h2-6,11,14,19-22,24,30,33H,7-10,12-13,15-18,23,25H2,1H3,(H,42,44)(H,45,52,54). The van der Waals surface area contributed by atoms with Crippen molar-refractivity contribution in [2.75, 3.05) is 56.0 Å². The molecule has 15 heteroatoms. The molecule has 0 spiro atoms. The maximum atomic E-state index is 13.4. The molecular formula is C40H43N11O4. The molecule has 3 fully saturated rings. The zero-order valence-corrected chi connectivity index (χ0v) is 30.7. The van der Waals surface area contributed by atoms with Gasteiger partial charge in [-0.15, -0.1) is 0 Å². The molecule has 4 amide bonds. The molecule has 55 heavy (non-hydrogen) atoms. The van der Waals surface area contributed by atoms with Crippen LogP contribution in [-0.2, 0) is 20.9 Å². The second kappa shape index (κ2) is 14.3. The number of nitrogens with one attached hydrogen (secondary N) is 2. The zero-order valence-electron chi connectivity index (χ0n) is 30.7. The number of nitrogens with zero attached hydrogens (tertiary/aromatic N) is 9. The Hall–Kier alpha value is -6.09. The molecule has 3 aromatic heterocycles. The van der Waals surface area contributed by atoms with Gasteiger partial charge in [0.05, 0.1) is 36.4 Å².